The Hall–Kier alpha value is -0.765. The Bertz CT molecular complexity index is 483. The predicted octanol–water partition coefficient (Wildman–Crippen LogP) is 3.15. The lowest BCUT2D eigenvalue weighted by Crippen LogP contribution is -2.29. The Balaban J connectivity index is 2.11. The van der Waals surface area contributed by atoms with Crippen molar-refractivity contribution in [3.63, 3.8) is 0 Å². The lowest BCUT2D eigenvalue weighted by Gasteiger charge is -2.13. The lowest BCUT2D eigenvalue weighted by molar-refractivity contribution is 0.602. The third kappa shape index (κ3) is 4.38. The monoisotopic (exact) mass is 278 g/mol. The van der Waals surface area contributed by atoms with E-state index in [9.17, 15) is 8.42 Å². The molecule has 1 fully saturated rings. The minimum absolute atomic E-state index is 0.430. The van der Waals surface area contributed by atoms with Gasteiger partial charge in [0, 0.05) is 6.26 Å². The Morgan fingerprint density at radius 3 is 1.79 bits per heavy atom. The van der Waals surface area contributed by atoms with E-state index < -0.39 is 9.84 Å². The van der Waals surface area contributed by atoms with Gasteiger partial charge in [0.1, 0.15) is 0 Å². The quantitative estimate of drug-likeness (QED) is 0.779. The summed E-state index contributed by atoms with van der Waals surface area (Å²) in [7, 11) is -3.07. The third-order valence-corrected chi connectivity index (χ3v) is 5.26. The van der Waals surface area contributed by atoms with E-state index in [0.29, 0.717) is 11.6 Å². The van der Waals surface area contributed by atoms with Crippen molar-refractivity contribution in [3.8, 4) is 0 Å². The fraction of sp³-hybridized carbons (Fsp3) is 0.600. The summed E-state index contributed by atoms with van der Waals surface area (Å²) in [6.45, 7) is 0.617. The molecule has 1 saturated heterocycles. The summed E-state index contributed by atoms with van der Waals surface area (Å²) in [5.74, 6) is 0. The van der Waals surface area contributed by atoms with E-state index in [1.54, 1.807) is 12.1 Å². The Morgan fingerprint density at radius 1 is 0.842 bits per heavy atom. The van der Waals surface area contributed by atoms with Crippen LogP contribution < -0.4 is 5.46 Å². The highest BCUT2D eigenvalue weighted by molar-refractivity contribution is 7.90. The molecule has 2 rings (SSSR count). The van der Waals surface area contributed by atoms with Gasteiger partial charge in [0.15, 0.2) is 16.6 Å². The number of benzene rings is 1. The van der Waals surface area contributed by atoms with E-state index >= 15 is 0 Å². The van der Waals surface area contributed by atoms with Crippen LogP contribution in [0.3, 0.4) is 0 Å². The topological polar surface area (TPSA) is 34.1 Å². The van der Waals surface area contributed by atoms with E-state index in [4.69, 9.17) is 0 Å². The molecule has 0 atom stereocenters. The van der Waals surface area contributed by atoms with Gasteiger partial charge in [0.25, 0.3) is 0 Å². The first kappa shape index (κ1) is 14.6. The largest absolute Gasteiger partial charge is 0.224 e. The highest BCUT2D eigenvalue weighted by atomic mass is 32.2. The second-order valence-electron chi connectivity index (χ2n) is 5.74. The number of hydrogen-bond donors (Lipinski definition) is 0. The van der Waals surface area contributed by atoms with Gasteiger partial charge >= 0.3 is 0 Å². The summed E-state index contributed by atoms with van der Waals surface area (Å²) >= 11 is 0. The number of sulfone groups is 1. The SMILES string of the molecule is CS(=O)(=O)c1ccc(B2CCCCCCCC2)cc1. The third-order valence-electron chi connectivity index (χ3n) is 4.13. The average Bonchev–Trinajstić information content (AvgIpc) is 2.51. The summed E-state index contributed by atoms with van der Waals surface area (Å²) < 4.78 is 22.9. The molecule has 0 unspecified atom stereocenters. The first-order valence-electron chi connectivity index (χ1n) is 7.37. The smallest absolute Gasteiger partial charge is 0.175 e. The first-order chi connectivity index (χ1) is 9.07. The molecule has 1 heterocycles. The van der Waals surface area contributed by atoms with E-state index in [0.717, 1.165) is 0 Å². The lowest BCUT2D eigenvalue weighted by atomic mass is 9.40. The van der Waals surface area contributed by atoms with Crippen molar-refractivity contribution in [2.45, 2.75) is 56.1 Å². The second kappa shape index (κ2) is 6.60. The van der Waals surface area contributed by atoms with Crippen LogP contribution in [0.4, 0.5) is 0 Å². The van der Waals surface area contributed by atoms with Crippen LogP contribution in [0.15, 0.2) is 29.2 Å². The maximum atomic E-state index is 11.5. The fourth-order valence-electron chi connectivity index (χ4n) is 2.95. The summed E-state index contributed by atoms with van der Waals surface area (Å²) in [5.41, 5.74) is 1.31. The molecule has 1 aliphatic heterocycles. The predicted molar refractivity (Wildman–Crippen MR) is 82.3 cm³/mol. The normalized spacial score (nSPS) is 18.5. The molecule has 1 aromatic carbocycles. The van der Waals surface area contributed by atoms with Crippen LogP contribution in [0.1, 0.15) is 38.5 Å². The van der Waals surface area contributed by atoms with Crippen LogP contribution in [0.5, 0.6) is 0 Å². The van der Waals surface area contributed by atoms with Crippen LogP contribution in [-0.4, -0.2) is 21.4 Å². The average molecular weight is 278 g/mol. The zero-order chi connectivity index (χ0) is 13.7. The minimum atomic E-state index is -3.07. The van der Waals surface area contributed by atoms with Gasteiger partial charge in [-0.2, -0.15) is 0 Å². The zero-order valence-electron chi connectivity index (χ0n) is 11.8. The van der Waals surface area contributed by atoms with E-state index in [2.05, 4.69) is 0 Å². The molecule has 1 aliphatic rings. The van der Waals surface area contributed by atoms with Gasteiger partial charge < -0.3 is 0 Å². The fourth-order valence-corrected chi connectivity index (χ4v) is 3.58. The Labute approximate surface area is 117 Å². The molecule has 0 aromatic heterocycles. The highest BCUT2D eigenvalue weighted by Crippen LogP contribution is 2.18. The molecule has 0 amide bonds. The van der Waals surface area contributed by atoms with Gasteiger partial charge in [-0.25, -0.2) is 8.42 Å². The van der Waals surface area contributed by atoms with Crippen molar-refractivity contribution < 1.29 is 8.42 Å². The van der Waals surface area contributed by atoms with Gasteiger partial charge in [0.2, 0.25) is 0 Å². The molecule has 0 radical (unpaired) electrons. The molecule has 19 heavy (non-hydrogen) atoms. The van der Waals surface area contributed by atoms with Crippen molar-refractivity contribution in [1.29, 1.82) is 0 Å². The maximum absolute atomic E-state index is 11.5. The maximum Gasteiger partial charge on any atom is 0.175 e. The van der Waals surface area contributed by atoms with Crippen LogP contribution in [0, 0.1) is 0 Å². The van der Waals surface area contributed by atoms with E-state index in [1.807, 2.05) is 12.1 Å². The summed E-state index contributed by atoms with van der Waals surface area (Å²) in [5, 5.41) is 0. The minimum Gasteiger partial charge on any atom is -0.224 e. The molecule has 4 heteroatoms. The van der Waals surface area contributed by atoms with Crippen molar-refractivity contribution in [1.82, 2.24) is 0 Å². The van der Waals surface area contributed by atoms with Crippen LogP contribution >= 0.6 is 0 Å². The van der Waals surface area contributed by atoms with E-state index in [1.165, 1.54) is 62.9 Å². The molecule has 1 aromatic rings. The molecule has 104 valence electrons. The molecule has 2 nitrogen and oxygen atoms in total. The zero-order valence-corrected chi connectivity index (χ0v) is 12.6. The second-order valence-corrected chi connectivity index (χ2v) is 7.75. The van der Waals surface area contributed by atoms with Crippen LogP contribution in [-0.2, 0) is 9.84 Å². The van der Waals surface area contributed by atoms with Gasteiger partial charge in [-0.15, -0.1) is 0 Å². The summed E-state index contributed by atoms with van der Waals surface area (Å²) in [4.78, 5) is 0.430. The van der Waals surface area contributed by atoms with E-state index in [-0.39, 0.29) is 0 Å². The van der Waals surface area contributed by atoms with Gasteiger partial charge in [0.05, 0.1) is 4.90 Å². The number of hydrogen-bond acceptors (Lipinski definition) is 2. The highest BCUT2D eigenvalue weighted by Gasteiger charge is 2.17. The van der Waals surface area contributed by atoms with Gasteiger partial charge in [-0.3, -0.25) is 0 Å². The molecule has 0 aliphatic carbocycles. The van der Waals surface area contributed by atoms with Crippen LogP contribution in [0.25, 0.3) is 0 Å². The molecular weight excluding hydrogens is 255 g/mol. The summed E-state index contributed by atoms with van der Waals surface area (Å²) in [6.07, 6.45) is 11.8. The molecular formula is C15H23BO2S. The first-order valence-corrected chi connectivity index (χ1v) is 9.26. The van der Waals surface area contributed by atoms with Gasteiger partial charge in [-0.05, 0) is 12.1 Å². The van der Waals surface area contributed by atoms with Crippen LogP contribution in [0.2, 0.25) is 12.6 Å². The standard InChI is InChI=1S/C15H23BO2S/c1-19(17,18)15-10-8-14(9-11-15)16-12-6-4-2-3-5-7-13-16/h8-11H,2-7,12-13H2,1H3. The van der Waals surface area contributed by atoms with Crippen molar-refractivity contribution in [2.24, 2.45) is 0 Å². The molecule has 0 spiro atoms. The van der Waals surface area contributed by atoms with Crippen molar-refractivity contribution >= 4 is 22.0 Å². The molecule has 0 N–H and O–H groups in total. The Kier molecular flexibility index (Phi) is 5.09. The van der Waals surface area contributed by atoms with Crippen molar-refractivity contribution in [2.75, 3.05) is 6.26 Å². The van der Waals surface area contributed by atoms with Gasteiger partial charge in [-0.1, -0.05) is 68.8 Å². The summed E-state index contributed by atoms with van der Waals surface area (Å²) in [6, 6.07) is 7.55. The Morgan fingerprint density at radius 2 is 1.32 bits per heavy atom. The molecule has 0 saturated carbocycles. The molecule has 0 bridgehead atoms. The van der Waals surface area contributed by atoms with Crippen molar-refractivity contribution in [3.05, 3.63) is 24.3 Å². The number of rotatable bonds is 2.